The number of hydrogen-bond donors (Lipinski definition) is 1. The van der Waals surface area contributed by atoms with Crippen molar-refractivity contribution >= 4 is 40.2 Å². The fourth-order valence-corrected chi connectivity index (χ4v) is 2.90. The summed E-state index contributed by atoms with van der Waals surface area (Å²) in [6.45, 7) is 3.96. The van der Waals surface area contributed by atoms with Crippen LogP contribution in [0.4, 0.5) is 0 Å². The molecule has 0 aliphatic carbocycles. The molecule has 0 saturated heterocycles. The quantitative estimate of drug-likeness (QED) is 0.941. The fourth-order valence-electron chi connectivity index (χ4n) is 2.30. The maximum absolute atomic E-state index is 11.0. The third-order valence-electron chi connectivity index (χ3n) is 3.30. The maximum atomic E-state index is 11.0. The topological polar surface area (TPSA) is 43.3 Å². The second kappa shape index (κ2) is 5.94. The van der Waals surface area contributed by atoms with E-state index in [0.29, 0.717) is 23.7 Å². The summed E-state index contributed by atoms with van der Waals surface area (Å²) in [7, 11) is 1.58. The van der Waals surface area contributed by atoms with Gasteiger partial charge < -0.3 is 10.1 Å². The standard InChI is InChI=1S/C14H16Cl2N2O2/c1-8-10(6-7-17-9(2)19)13-11(18(8)16)4-5-12(20-3)14(13)15/h4-5H,6-7H2,1-3H3,(H,17,19). The number of halogens is 2. The predicted octanol–water partition coefficient (Wildman–Crippen LogP) is 3.29. The lowest BCUT2D eigenvalue weighted by Crippen LogP contribution is -2.22. The highest BCUT2D eigenvalue weighted by Crippen LogP contribution is 2.38. The minimum absolute atomic E-state index is 0.0547. The number of benzene rings is 1. The van der Waals surface area contributed by atoms with Gasteiger partial charge in [-0.2, -0.15) is 0 Å². The van der Waals surface area contributed by atoms with Gasteiger partial charge in [-0.15, -0.1) is 0 Å². The number of aromatic nitrogens is 1. The number of methoxy groups -OCH3 is 1. The summed E-state index contributed by atoms with van der Waals surface area (Å²) < 4.78 is 6.83. The molecule has 0 fully saturated rings. The smallest absolute Gasteiger partial charge is 0.216 e. The monoisotopic (exact) mass is 314 g/mol. The number of carbonyl (C=O) groups is 1. The van der Waals surface area contributed by atoms with E-state index in [4.69, 9.17) is 28.1 Å². The predicted molar refractivity (Wildman–Crippen MR) is 81.9 cm³/mol. The Morgan fingerprint density at radius 1 is 1.45 bits per heavy atom. The Kier molecular flexibility index (Phi) is 4.45. The molecule has 108 valence electrons. The van der Waals surface area contributed by atoms with Crippen molar-refractivity contribution in [2.75, 3.05) is 13.7 Å². The first-order valence-corrected chi connectivity index (χ1v) is 6.96. The van der Waals surface area contributed by atoms with Gasteiger partial charge in [-0.25, -0.2) is 0 Å². The number of rotatable bonds is 4. The molecule has 0 saturated carbocycles. The molecular weight excluding hydrogens is 299 g/mol. The molecule has 1 N–H and O–H groups in total. The van der Waals surface area contributed by atoms with Gasteiger partial charge in [-0.1, -0.05) is 11.6 Å². The van der Waals surface area contributed by atoms with Crippen LogP contribution in [0.25, 0.3) is 10.9 Å². The van der Waals surface area contributed by atoms with Crippen molar-refractivity contribution in [3.63, 3.8) is 0 Å². The number of hydrogen-bond acceptors (Lipinski definition) is 2. The van der Waals surface area contributed by atoms with Crippen molar-refractivity contribution < 1.29 is 9.53 Å². The Bertz CT molecular complexity index is 665. The zero-order chi connectivity index (χ0) is 14.9. The highest BCUT2D eigenvalue weighted by atomic mass is 35.5. The molecule has 0 spiro atoms. The van der Waals surface area contributed by atoms with Crippen LogP contribution in [0.5, 0.6) is 5.75 Å². The Morgan fingerprint density at radius 3 is 2.75 bits per heavy atom. The van der Waals surface area contributed by atoms with Crippen LogP contribution in [0.1, 0.15) is 18.2 Å². The van der Waals surface area contributed by atoms with Gasteiger partial charge in [-0.3, -0.25) is 8.88 Å². The van der Waals surface area contributed by atoms with E-state index in [9.17, 15) is 4.79 Å². The molecule has 0 aliphatic heterocycles. The summed E-state index contributed by atoms with van der Waals surface area (Å²) in [5.74, 6) is 0.558. The van der Waals surface area contributed by atoms with E-state index in [0.717, 1.165) is 22.2 Å². The van der Waals surface area contributed by atoms with E-state index < -0.39 is 0 Å². The molecule has 1 aromatic heterocycles. The number of carbonyl (C=O) groups excluding carboxylic acids is 1. The minimum atomic E-state index is -0.0547. The third kappa shape index (κ3) is 2.58. The second-order valence-corrected chi connectivity index (χ2v) is 5.27. The molecule has 4 nitrogen and oxygen atoms in total. The minimum Gasteiger partial charge on any atom is -0.495 e. The molecule has 0 bridgehead atoms. The van der Waals surface area contributed by atoms with Gasteiger partial charge in [0.1, 0.15) is 5.75 Å². The number of fused-ring (bicyclic) bond motifs is 1. The third-order valence-corrected chi connectivity index (χ3v) is 4.11. The summed E-state index contributed by atoms with van der Waals surface area (Å²) >= 11 is 12.7. The zero-order valence-corrected chi connectivity index (χ0v) is 13.1. The molecule has 2 rings (SSSR count). The van der Waals surface area contributed by atoms with Gasteiger partial charge in [0.2, 0.25) is 5.91 Å². The van der Waals surface area contributed by atoms with Gasteiger partial charge in [-0.05, 0) is 31.0 Å². The summed E-state index contributed by atoms with van der Waals surface area (Å²) in [6, 6.07) is 3.67. The van der Waals surface area contributed by atoms with Crippen molar-refractivity contribution in [2.24, 2.45) is 0 Å². The first-order valence-electron chi connectivity index (χ1n) is 6.24. The summed E-state index contributed by atoms with van der Waals surface area (Å²) in [4.78, 5) is 11.0. The second-order valence-electron chi connectivity index (χ2n) is 4.55. The number of nitrogens with one attached hydrogen (secondary N) is 1. The van der Waals surface area contributed by atoms with Crippen LogP contribution in [-0.2, 0) is 11.2 Å². The van der Waals surface area contributed by atoms with Crippen molar-refractivity contribution in [2.45, 2.75) is 20.3 Å². The van der Waals surface area contributed by atoms with Gasteiger partial charge in [0, 0.05) is 36.3 Å². The Hall–Kier alpha value is -1.39. The van der Waals surface area contributed by atoms with E-state index in [1.54, 1.807) is 17.3 Å². The maximum Gasteiger partial charge on any atom is 0.216 e. The lowest BCUT2D eigenvalue weighted by atomic mass is 10.1. The van der Waals surface area contributed by atoms with Crippen molar-refractivity contribution in [1.29, 1.82) is 0 Å². The summed E-state index contributed by atoms with van der Waals surface area (Å²) in [5, 5.41) is 4.20. The summed E-state index contributed by atoms with van der Waals surface area (Å²) in [6.07, 6.45) is 0.661. The van der Waals surface area contributed by atoms with E-state index in [-0.39, 0.29) is 5.91 Å². The van der Waals surface area contributed by atoms with Gasteiger partial charge >= 0.3 is 0 Å². The number of nitrogens with zero attached hydrogens (tertiary/aromatic N) is 1. The average Bonchev–Trinajstić information content (AvgIpc) is 2.65. The van der Waals surface area contributed by atoms with Crippen molar-refractivity contribution in [3.05, 3.63) is 28.4 Å². The van der Waals surface area contributed by atoms with Gasteiger partial charge in [0.05, 0.1) is 17.6 Å². The summed E-state index contributed by atoms with van der Waals surface area (Å²) in [5.41, 5.74) is 2.78. The zero-order valence-electron chi connectivity index (χ0n) is 11.6. The molecular formula is C14H16Cl2N2O2. The lowest BCUT2D eigenvalue weighted by molar-refractivity contribution is -0.118. The Morgan fingerprint density at radius 2 is 2.15 bits per heavy atom. The SMILES string of the molecule is COc1ccc2c(c1Cl)c(CCNC(C)=O)c(C)n2Cl. The van der Waals surface area contributed by atoms with Crippen LogP contribution in [0.15, 0.2) is 12.1 Å². The number of amides is 1. The molecule has 2 aromatic rings. The number of ether oxygens (including phenoxy) is 1. The molecule has 1 heterocycles. The first kappa shape index (κ1) is 15.0. The molecule has 0 atom stereocenters. The van der Waals surface area contributed by atoms with Crippen LogP contribution in [0, 0.1) is 6.92 Å². The molecule has 0 aliphatic rings. The van der Waals surface area contributed by atoms with E-state index in [2.05, 4.69) is 5.32 Å². The van der Waals surface area contributed by atoms with Crippen LogP contribution < -0.4 is 10.1 Å². The highest BCUT2D eigenvalue weighted by molar-refractivity contribution is 6.38. The van der Waals surface area contributed by atoms with E-state index in [1.165, 1.54) is 6.92 Å². The molecule has 1 aromatic carbocycles. The molecule has 1 amide bonds. The molecule has 6 heteroatoms. The Balaban J connectivity index is 2.51. The normalized spacial score (nSPS) is 10.8. The van der Waals surface area contributed by atoms with Crippen LogP contribution in [0.2, 0.25) is 5.02 Å². The molecule has 0 radical (unpaired) electrons. The van der Waals surface area contributed by atoms with Crippen molar-refractivity contribution in [3.8, 4) is 5.75 Å². The van der Waals surface area contributed by atoms with Crippen LogP contribution in [0.3, 0.4) is 0 Å². The van der Waals surface area contributed by atoms with E-state index >= 15 is 0 Å². The molecule has 0 unspecified atom stereocenters. The largest absolute Gasteiger partial charge is 0.495 e. The van der Waals surface area contributed by atoms with E-state index in [1.807, 2.05) is 13.0 Å². The average molecular weight is 315 g/mol. The fraction of sp³-hybridized carbons (Fsp3) is 0.357. The first-order chi connectivity index (χ1) is 9.47. The highest BCUT2D eigenvalue weighted by Gasteiger charge is 2.18. The van der Waals surface area contributed by atoms with Gasteiger partial charge in [0.25, 0.3) is 0 Å². The lowest BCUT2D eigenvalue weighted by Gasteiger charge is -2.06. The van der Waals surface area contributed by atoms with Crippen LogP contribution >= 0.6 is 23.4 Å². The van der Waals surface area contributed by atoms with Gasteiger partial charge in [0.15, 0.2) is 0 Å². The molecule has 20 heavy (non-hydrogen) atoms. The van der Waals surface area contributed by atoms with Crippen molar-refractivity contribution in [1.82, 2.24) is 9.40 Å². The van der Waals surface area contributed by atoms with Crippen LogP contribution in [-0.4, -0.2) is 23.6 Å². The Labute approximate surface area is 127 Å².